The number of nitrogens with zero attached hydrogens (tertiary/aromatic N) is 1. The molecule has 2 rings (SSSR count). The van der Waals surface area contributed by atoms with E-state index < -0.39 is 5.60 Å². The predicted molar refractivity (Wildman–Crippen MR) is 89.7 cm³/mol. The van der Waals surface area contributed by atoms with Crippen LogP contribution in [0.15, 0.2) is 6.20 Å². The summed E-state index contributed by atoms with van der Waals surface area (Å²) in [5.74, 6) is -0.0307. The number of thiazole rings is 1. The summed E-state index contributed by atoms with van der Waals surface area (Å²) < 4.78 is 5.51. The molecule has 0 aromatic carbocycles. The van der Waals surface area contributed by atoms with Gasteiger partial charge < -0.3 is 15.4 Å². The average Bonchev–Trinajstić information content (AvgIpc) is 2.86. The van der Waals surface area contributed by atoms with Gasteiger partial charge >= 0.3 is 0 Å². The minimum absolute atomic E-state index is 0. The van der Waals surface area contributed by atoms with E-state index in [0.29, 0.717) is 12.8 Å². The van der Waals surface area contributed by atoms with E-state index in [9.17, 15) is 4.79 Å². The van der Waals surface area contributed by atoms with E-state index >= 15 is 0 Å². The first-order chi connectivity index (χ1) is 9.07. The molecule has 0 aliphatic carbocycles. The SMILES string of the molecule is COC1(C(=O)NC(C)c2ncc(C)s2)CCNCC1.Cl.Cl. The lowest BCUT2D eigenvalue weighted by Crippen LogP contribution is -2.54. The summed E-state index contributed by atoms with van der Waals surface area (Å²) in [4.78, 5) is 17.9. The molecule has 1 aromatic heterocycles. The maximum Gasteiger partial charge on any atom is 0.252 e. The number of rotatable bonds is 4. The molecule has 1 aromatic rings. The van der Waals surface area contributed by atoms with Crippen LogP contribution in [0.4, 0.5) is 0 Å². The molecule has 1 aliphatic heterocycles. The third-order valence-corrected chi connectivity index (χ3v) is 4.67. The van der Waals surface area contributed by atoms with Crippen molar-refractivity contribution in [3.8, 4) is 0 Å². The van der Waals surface area contributed by atoms with E-state index in [1.54, 1.807) is 18.4 Å². The average molecular weight is 356 g/mol. The first-order valence-corrected chi connectivity index (χ1v) is 7.38. The molecule has 0 radical (unpaired) electrons. The van der Waals surface area contributed by atoms with Crippen molar-refractivity contribution in [1.82, 2.24) is 15.6 Å². The molecule has 5 nitrogen and oxygen atoms in total. The Morgan fingerprint density at radius 1 is 1.48 bits per heavy atom. The maximum atomic E-state index is 12.5. The van der Waals surface area contributed by atoms with Crippen LogP contribution in [0.2, 0.25) is 0 Å². The van der Waals surface area contributed by atoms with Gasteiger partial charge in [0.1, 0.15) is 10.6 Å². The molecule has 1 fully saturated rings. The van der Waals surface area contributed by atoms with Gasteiger partial charge in [-0.3, -0.25) is 4.79 Å². The summed E-state index contributed by atoms with van der Waals surface area (Å²) in [6.45, 7) is 5.60. The van der Waals surface area contributed by atoms with Crippen molar-refractivity contribution in [1.29, 1.82) is 0 Å². The molecule has 122 valence electrons. The van der Waals surface area contributed by atoms with Crippen molar-refractivity contribution in [2.45, 2.75) is 38.3 Å². The third-order valence-electron chi connectivity index (χ3n) is 3.57. The number of carbonyl (C=O) groups is 1. The quantitative estimate of drug-likeness (QED) is 0.869. The molecular weight excluding hydrogens is 333 g/mol. The molecule has 0 saturated carbocycles. The van der Waals surface area contributed by atoms with Gasteiger partial charge in [0.05, 0.1) is 6.04 Å². The van der Waals surface area contributed by atoms with E-state index in [4.69, 9.17) is 4.74 Å². The number of carbonyl (C=O) groups excluding carboxylic acids is 1. The van der Waals surface area contributed by atoms with Gasteiger partial charge in [-0.2, -0.15) is 0 Å². The van der Waals surface area contributed by atoms with Crippen molar-refractivity contribution in [2.75, 3.05) is 20.2 Å². The number of halogens is 2. The smallest absolute Gasteiger partial charge is 0.252 e. The van der Waals surface area contributed by atoms with Crippen molar-refractivity contribution in [2.24, 2.45) is 0 Å². The zero-order valence-electron chi connectivity index (χ0n) is 12.5. The van der Waals surface area contributed by atoms with Crippen LogP contribution in [0.3, 0.4) is 0 Å². The molecule has 2 heterocycles. The zero-order valence-corrected chi connectivity index (χ0v) is 14.9. The molecule has 2 N–H and O–H groups in total. The van der Waals surface area contributed by atoms with Crippen LogP contribution in [-0.2, 0) is 9.53 Å². The van der Waals surface area contributed by atoms with Gasteiger partial charge in [0, 0.05) is 18.2 Å². The second kappa shape index (κ2) is 8.90. The number of hydrogen-bond donors (Lipinski definition) is 2. The lowest BCUT2D eigenvalue weighted by atomic mass is 9.91. The van der Waals surface area contributed by atoms with E-state index in [-0.39, 0.29) is 36.8 Å². The minimum Gasteiger partial charge on any atom is -0.368 e. The van der Waals surface area contributed by atoms with Crippen LogP contribution in [0.25, 0.3) is 0 Å². The van der Waals surface area contributed by atoms with E-state index in [0.717, 1.165) is 23.0 Å². The Hall–Kier alpha value is -0.400. The molecule has 1 amide bonds. The van der Waals surface area contributed by atoms with Crippen LogP contribution >= 0.6 is 36.2 Å². The zero-order chi connectivity index (χ0) is 13.9. The highest BCUT2D eigenvalue weighted by atomic mass is 35.5. The number of aromatic nitrogens is 1. The van der Waals surface area contributed by atoms with Gasteiger partial charge in [0.2, 0.25) is 0 Å². The molecule has 1 saturated heterocycles. The largest absolute Gasteiger partial charge is 0.368 e. The lowest BCUT2D eigenvalue weighted by molar-refractivity contribution is -0.147. The molecule has 8 heteroatoms. The van der Waals surface area contributed by atoms with Gasteiger partial charge in [-0.15, -0.1) is 36.2 Å². The third kappa shape index (κ3) is 4.79. The Bertz CT molecular complexity index is 450. The summed E-state index contributed by atoms with van der Waals surface area (Å²) in [6.07, 6.45) is 3.25. The summed E-state index contributed by atoms with van der Waals surface area (Å²) >= 11 is 1.61. The van der Waals surface area contributed by atoms with Gasteiger partial charge in [0.25, 0.3) is 5.91 Å². The standard InChI is InChI=1S/C13H21N3O2S.2ClH/c1-9-8-15-11(19-9)10(2)16-12(17)13(18-3)4-6-14-7-5-13;;/h8,10,14H,4-7H2,1-3H3,(H,16,17);2*1H. The Morgan fingerprint density at radius 3 is 2.57 bits per heavy atom. The molecule has 21 heavy (non-hydrogen) atoms. The Balaban J connectivity index is 0.00000200. The highest BCUT2D eigenvalue weighted by Gasteiger charge is 2.40. The fourth-order valence-electron chi connectivity index (χ4n) is 2.32. The number of amides is 1. The van der Waals surface area contributed by atoms with Crippen LogP contribution in [0.1, 0.15) is 35.7 Å². The summed E-state index contributed by atoms with van der Waals surface area (Å²) in [5.41, 5.74) is -0.689. The van der Waals surface area contributed by atoms with Gasteiger partial charge in [-0.25, -0.2) is 4.98 Å². The topological polar surface area (TPSA) is 63.2 Å². The Labute approximate surface area is 142 Å². The van der Waals surface area contributed by atoms with Crippen molar-refractivity contribution >= 4 is 42.1 Å². The normalized spacial score (nSPS) is 18.0. The van der Waals surface area contributed by atoms with E-state index in [1.807, 2.05) is 20.0 Å². The number of ether oxygens (including phenoxy) is 1. The van der Waals surface area contributed by atoms with E-state index in [1.165, 1.54) is 0 Å². The summed E-state index contributed by atoms with van der Waals surface area (Å²) in [6, 6.07) is -0.0758. The monoisotopic (exact) mass is 355 g/mol. The van der Waals surface area contributed by atoms with Crippen LogP contribution < -0.4 is 10.6 Å². The summed E-state index contributed by atoms with van der Waals surface area (Å²) in [7, 11) is 1.61. The van der Waals surface area contributed by atoms with Crippen molar-refractivity contribution in [3.05, 3.63) is 16.1 Å². The van der Waals surface area contributed by atoms with Gasteiger partial charge in [0.15, 0.2) is 0 Å². The fourth-order valence-corrected chi connectivity index (χ4v) is 3.09. The number of piperidine rings is 1. The number of aryl methyl sites for hydroxylation is 1. The molecular formula is C13H23Cl2N3O2S. The first kappa shape index (κ1) is 20.6. The molecule has 0 bridgehead atoms. The van der Waals surface area contributed by atoms with Crippen LogP contribution in [0, 0.1) is 6.92 Å². The summed E-state index contributed by atoms with van der Waals surface area (Å²) in [5, 5.41) is 7.21. The first-order valence-electron chi connectivity index (χ1n) is 6.56. The second-order valence-corrected chi connectivity index (χ2v) is 6.22. The minimum atomic E-state index is -0.689. The van der Waals surface area contributed by atoms with Gasteiger partial charge in [-0.1, -0.05) is 0 Å². The molecule has 1 atom stereocenters. The Kier molecular flexibility index (Phi) is 8.73. The fraction of sp³-hybridized carbons (Fsp3) is 0.692. The van der Waals surface area contributed by atoms with Crippen LogP contribution in [0.5, 0.6) is 0 Å². The predicted octanol–water partition coefficient (Wildman–Crippen LogP) is 2.24. The molecule has 1 aliphatic rings. The second-order valence-electron chi connectivity index (χ2n) is 4.95. The number of nitrogens with one attached hydrogen (secondary N) is 2. The Morgan fingerprint density at radius 2 is 2.10 bits per heavy atom. The lowest BCUT2D eigenvalue weighted by Gasteiger charge is -2.35. The van der Waals surface area contributed by atoms with Crippen molar-refractivity contribution in [3.63, 3.8) is 0 Å². The van der Waals surface area contributed by atoms with Gasteiger partial charge in [-0.05, 0) is 39.8 Å². The maximum absolute atomic E-state index is 12.5. The molecule has 0 spiro atoms. The van der Waals surface area contributed by atoms with E-state index in [2.05, 4.69) is 15.6 Å². The number of hydrogen-bond acceptors (Lipinski definition) is 5. The van der Waals surface area contributed by atoms with Crippen molar-refractivity contribution < 1.29 is 9.53 Å². The highest BCUT2D eigenvalue weighted by molar-refractivity contribution is 7.11. The highest BCUT2D eigenvalue weighted by Crippen LogP contribution is 2.25. The number of methoxy groups -OCH3 is 1. The van der Waals surface area contributed by atoms with Crippen LogP contribution in [-0.4, -0.2) is 36.7 Å². The molecule has 1 unspecified atom stereocenters.